The van der Waals surface area contributed by atoms with E-state index in [1.54, 1.807) is 47.9 Å². The lowest BCUT2D eigenvalue weighted by atomic mass is 10.2. The summed E-state index contributed by atoms with van der Waals surface area (Å²) in [5.41, 5.74) is 2.34. The van der Waals surface area contributed by atoms with Crippen molar-refractivity contribution in [2.75, 3.05) is 17.7 Å². The van der Waals surface area contributed by atoms with Crippen LogP contribution in [0.25, 0.3) is 17.1 Å². The Morgan fingerprint density at radius 3 is 2.47 bits per heavy atom. The minimum absolute atomic E-state index is 0.0771. The maximum atomic E-state index is 13.8. The molecule has 1 N–H and O–H groups in total. The second kappa shape index (κ2) is 10.8. The van der Waals surface area contributed by atoms with Gasteiger partial charge in [0, 0.05) is 16.9 Å². The Morgan fingerprint density at radius 1 is 1.00 bits per heavy atom. The van der Waals surface area contributed by atoms with E-state index < -0.39 is 5.97 Å². The number of amides is 1. The van der Waals surface area contributed by atoms with Crippen LogP contribution in [0, 0.1) is 5.82 Å². The largest absolute Gasteiger partial charge is 0.462 e. The Kier molecular flexibility index (Phi) is 7.34. The highest BCUT2D eigenvalue weighted by atomic mass is 32.2. The number of nitrogens with zero attached hydrogens (tertiary/aromatic N) is 3. The molecular formula is C25H21FN4O3S. The molecule has 0 aliphatic carbocycles. The summed E-state index contributed by atoms with van der Waals surface area (Å²) in [6.45, 7) is 2.03. The highest BCUT2D eigenvalue weighted by Gasteiger charge is 2.18. The minimum atomic E-state index is -0.412. The first kappa shape index (κ1) is 23.2. The van der Waals surface area contributed by atoms with E-state index in [0.717, 1.165) is 5.69 Å². The van der Waals surface area contributed by atoms with Crippen molar-refractivity contribution in [1.82, 2.24) is 14.8 Å². The molecule has 0 fully saturated rings. The summed E-state index contributed by atoms with van der Waals surface area (Å²) in [7, 11) is 0. The van der Waals surface area contributed by atoms with Crippen LogP contribution < -0.4 is 5.32 Å². The van der Waals surface area contributed by atoms with Crippen molar-refractivity contribution in [3.05, 3.63) is 90.2 Å². The number of hydrogen-bond acceptors (Lipinski definition) is 6. The third-order valence-electron chi connectivity index (χ3n) is 4.74. The van der Waals surface area contributed by atoms with Crippen LogP contribution in [0.1, 0.15) is 17.3 Å². The molecule has 172 valence electrons. The number of carbonyl (C=O) groups excluding carboxylic acids is 2. The Balaban J connectivity index is 1.50. The molecule has 1 aromatic heterocycles. The fraction of sp³-hybridized carbons (Fsp3) is 0.120. The predicted octanol–water partition coefficient (Wildman–Crippen LogP) is 4.98. The fourth-order valence-electron chi connectivity index (χ4n) is 3.22. The number of thioether (sulfide) groups is 1. The van der Waals surface area contributed by atoms with Crippen molar-refractivity contribution in [3.63, 3.8) is 0 Å². The van der Waals surface area contributed by atoms with Gasteiger partial charge in [-0.3, -0.25) is 9.36 Å². The average Bonchev–Trinajstić information content (AvgIpc) is 3.28. The maximum Gasteiger partial charge on any atom is 0.338 e. The van der Waals surface area contributed by atoms with E-state index >= 15 is 0 Å². The number of halogens is 1. The maximum absolute atomic E-state index is 13.8. The Bertz CT molecular complexity index is 1290. The van der Waals surface area contributed by atoms with Gasteiger partial charge in [-0.25, -0.2) is 9.18 Å². The standard InChI is InChI=1S/C25H21FN4O3S/c1-2-33-24(32)17-11-13-20(14-12-17)27-22(31)16-34-25-29-28-23(18-7-6-8-19(26)15-18)30(25)21-9-4-3-5-10-21/h3-15H,2,16H2,1H3,(H,27,31). The van der Waals surface area contributed by atoms with Gasteiger partial charge in [0.25, 0.3) is 0 Å². The number of ether oxygens (including phenoxy) is 1. The number of benzene rings is 3. The average molecular weight is 477 g/mol. The highest BCUT2D eigenvalue weighted by Crippen LogP contribution is 2.28. The topological polar surface area (TPSA) is 86.1 Å². The molecule has 7 nitrogen and oxygen atoms in total. The number of rotatable bonds is 8. The van der Waals surface area contributed by atoms with Gasteiger partial charge in [0.1, 0.15) is 5.82 Å². The van der Waals surface area contributed by atoms with E-state index in [4.69, 9.17) is 4.74 Å². The van der Waals surface area contributed by atoms with Gasteiger partial charge < -0.3 is 10.1 Å². The summed E-state index contributed by atoms with van der Waals surface area (Å²) in [6, 6.07) is 22.0. The molecule has 1 heterocycles. The minimum Gasteiger partial charge on any atom is -0.462 e. The number of anilines is 1. The Labute approximate surface area is 200 Å². The zero-order chi connectivity index (χ0) is 23.9. The van der Waals surface area contributed by atoms with Crippen LogP contribution in [0.2, 0.25) is 0 Å². The number of aromatic nitrogens is 3. The van der Waals surface area contributed by atoms with Gasteiger partial charge in [-0.2, -0.15) is 0 Å². The van der Waals surface area contributed by atoms with Crippen LogP contribution in [-0.2, 0) is 9.53 Å². The first-order chi connectivity index (χ1) is 16.5. The summed E-state index contributed by atoms with van der Waals surface area (Å²) in [5, 5.41) is 11.8. The molecule has 0 bridgehead atoms. The molecule has 9 heteroatoms. The Hall–Kier alpha value is -3.98. The van der Waals surface area contributed by atoms with E-state index in [2.05, 4.69) is 15.5 Å². The van der Waals surface area contributed by atoms with Crippen LogP contribution in [0.3, 0.4) is 0 Å². The predicted molar refractivity (Wildman–Crippen MR) is 129 cm³/mol. The van der Waals surface area contributed by atoms with Crippen LogP contribution in [-0.4, -0.2) is 39.0 Å². The van der Waals surface area contributed by atoms with Crippen LogP contribution in [0.4, 0.5) is 10.1 Å². The smallest absolute Gasteiger partial charge is 0.338 e. The number of hydrogen-bond donors (Lipinski definition) is 1. The van der Waals surface area contributed by atoms with Crippen molar-refractivity contribution in [3.8, 4) is 17.1 Å². The molecule has 0 aliphatic rings. The first-order valence-electron chi connectivity index (χ1n) is 10.5. The van der Waals surface area contributed by atoms with Gasteiger partial charge in [-0.1, -0.05) is 42.1 Å². The molecule has 4 aromatic rings. The van der Waals surface area contributed by atoms with Gasteiger partial charge in [0.2, 0.25) is 5.91 Å². The number of nitrogens with one attached hydrogen (secondary N) is 1. The lowest BCUT2D eigenvalue weighted by molar-refractivity contribution is -0.113. The molecule has 0 aliphatic heterocycles. The van der Waals surface area contributed by atoms with E-state index in [1.807, 2.05) is 30.3 Å². The third kappa shape index (κ3) is 5.49. The molecule has 0 atom stereocenters. The normalized spacial score (nSPS) is 10.6. The van der Waals surface area contributed by atoms with Crippen molar-refractivity contribution in [2.24, 2.45) is 0 Å². The summed E-state index contributed by atoms with van der Waals surface area (Å²) in [6.07, 6.45) is 0. The first-order valence-corrected chi connectivity index (χ1v) is 11.5. The molecular weight excluding hydrogens is 455 g/mol. The molecule has 0 spiro atoms. The second-order valence-corrected chi connectivity index (χ2v) is 8.06. The number of esters is 1. The van der Waals surface area contributed by atoms with E-state index in [1.165, 1.54) is 23.9 Å². The van der Waals surface area contributed by atoms with Gasteiger partial charge in [0.05, 0.1) is 17.9 Å². The number of para-hydroxylation sites is 1. The molecule has 0 unspecified atom stereocenters. The Morgan fingerprint density at radius 2 is 1.76 bits per heavy atom. The molecule has 1 amide bonds. The van der Waals surface area contributed by atoms with Crippen LogP contribution in [0.15, 0.2) is 84.0 Å². The lowest BCUT2D eigenvalue weighted by Gasteiger charge is -2.10. The molecule has 3 aromatic carbocycles. The van der Waals surface area contributed by atoms with Gasteiger partial charge in [0.15, 0.2) is 11.0 Å². The van der Waals surface area contributed by atoms with Gasteiger partial charge >= 0.3 is 5.97 Å². The summed E-state index contributed by atoms with van der Waals surface area (Å²) >= 11 is 1.21. The lowest BCUT2D eigenvalue weighted by Crippen LogP contribution is -2.15. The van der Waals surface area contributed by atoms with Crippen molar-refractivity contribution in [2.45, 2.75) is 12.1 Å². The molecule has 4 rings (SSSR count). The van der Waals surface area contributed by atoms with E-state index in [9.17, 15) is 14.0 Å². The van der Waals surface area contributed by atoms with Crippen LogP contribution in [0.5, 0.6) is 0 Å². The van der Waals surface area contributed by atoms with Crippen molar-refractivity contribution in [1.29, 1.82) is 0 Å². The monoisotopic (exact) mass is 476 g/mol. The number of carbonyl (C=O) groups is 2. The van der Waals surface area contributed by atoms with Crippen molar-refractivity contribution >= 4 is 29.3 Å². The van der Waals surface area contributed by atoms with Gasteiger partial charge in [-0.15, -0.1) is 10.2 Å². The zero-order valence-electron chi connectivity index (χ0n) is 18.3. The van der Waals surface area contributed by atoms with E-state index in [0.29, 0.717) is 34.4 Å². The zero-order valence-corrected chi connectivity index (χ0v) is 19.1. The quantitative estimate of drug-likeness (QED) is 0.285. The molecule has 34 heavy (non-hydrogen) atoms. The van der Waals surface area contributed by atoms with Gasteiger partial charge in [-0.05, 0) is 55.5 Å². The van der Waals surface area contributed by atoms with Crippen molar-refractivity contribution < 1.29 is 18.7 Å². The third-order valence-corrected chi connectivity index (χ3v) is 5.67. The second-order valence-electron chi connectivity index (χ2n) is 7.12. The SMILES string of the molecule is CCOC(=O)c1ccc(NC(=O)CSc2nnc(-c3cccc(F)c3)n2-c2ccccc2)cc1. The highest BCUT2D eigenvalue weighted by molar-refractivity contribution is 7.99. The fourth-order valence-corrected chi connectivity index (χ4v) is 3.97. The summed E-state index contributed by atoms with van der Waals surface area (Å²) in [5.74, 6) is -0.479. The molecule has 0 saturated heterocycles. The summed E-state index contributed by atoms with van der Waals surface area (Å²) in [4.78, 5) is 24.3. The summed E-state index contributed by atoms with van der Waals surface area (Å²) < 4.78 is 20.6. The van der Waals surface area contributed by atoms with E-state index in [-0.39, 0.29) is 17.5 Å². The van der Waals surface area contributed by atoms with Crippen LogP contribution >= 0.6 is 11.8 Å². The molecule has 0 saturated carbocycles. The molecule has 0 radical (unpaired) electrons.